The molecule has 20 heavy (non-hydrogen) atoms. The monoisotopic (exact) mass is 462 g/mol. The fourth-order valence-electron chi connectivity index (χ4n) is 1.65. The summed E-state index contributed by atoms with van der Waals surface area (Å²) in [5.41, 5.74) is 0.192. The van der Waals surface area contributed by atoms with Crippen LogP contribution in [0.5, 0.6) is 0 Å². The van der Waals surface area contributed by atoms with Gasteiger partial charge in [-0.1, -0.05) is 59.9 Å². The number of halogens is 3. The maximum atomic E-state index is 9.83. The van der Waals surface area contributed by atoms with Gasteiger partial charge in [-0.2, -0.15) is 0 Å². The van der Waals surface area contributed by atoms with Crippen molar-refractivity contribution in [3.63, 3.8) is 0 Å². The van der Waals surface area contributed by atoms with E-state index in [9.17, 15) is 5.11 Å². The molecule has 2 aromatic rings. The van der Waals surface area contributed by atoms with Crippen LogP contribution in [0.15, 0.2) is 61.9 Å². The van der Waals surface area contributed by atoms with Gasteiger partial charge in [-0.15, -0.1) is 0 Å². The Balaban J connectivity index is 0.000000160. The predicted molar refractivity (Wildman–Crippen MR) is 90.7 cm³/mol. The van der Waals surface area contributed by atoms with Crippen LogP contribution in [0.4, 0.5) is 0 Å². The maximum Gasteiger partial charge on any atom is 0.136 e. The largest absolute Gasteiger partial charge is 0.380 e. The van der Waals surface area contributed by atoms with E-state index in [1.165, 1.54) is 0 Å². The molecule has 0 atom stereocenters. The first-order valence-corrected chi connectivity index (χ1v) is 8.35. The number of benzene rings is 2. The minimum Gasteiger partial charge on any atom is -0.380 e. The Morgan fingerprint density at radius 1 is 0.750 bits per heavy atom. The first-order chi connectivity index (χ1) is 9.49. The third kappa shape index (κ3) is 4.40. The zero-order chi connectivity index (χ0) is 14.6. The normalized spacial score (nSPS) is 15.8. The second kappa shape index (κ2) is 7.18. The van der Waals surface area contributed by atoms with Crippen LogP contribution in [0, 0.1) is 0 Å². The van der Waals surface area contributed by atoms with Crippen molar-refractivity contribution in [2.45, 2.75) is 5.60 Å². The summed E-state index contributed by atoms with van der Waals surface area (Å²) < 4.78 is 8.21. The molecule has 1 heterocycles. The Labute approximate surface area is 143 Å². The highest BCUT2D eigenvalue weighted by molar-refractivity contribution is 9.11. The molecule has 0 aliphatic carbocycles. The van der Waals surface area contributed by atoms with Crippen LogP contribution in [0.3, 0.4) is 0 Å². The Kier molecular flexibility index (Phi) is 5.81. The van der Waals surface area contributed by atoms with Crippen LogP contribution in [0.1, 0.15) is 5.56 Å². The van der Waals surface area contributed by atoms with Crippen molar-refractivity contribution in [1.82, 2.24) is 0 Å². The van der Waals surface area contributed by atoms with Gasteiger partial charge in [-0.05, 0) is 42.0 Å². The van der Waals surface area contributed by atoms with Gasteiger partial charge in [0.05, 0.1) is 13.2 Å². The van der Waals surface area contributed by atoms with Gasteiger partial charge in [-0.3, -0.25) is 0 Å². The van der Waals surface area contributed by atoms with Crippen molar-refractivity contribution in [1.29, 1.82) is 0 Å². The quantitative estimate of drug-likeness (QED) is 0.652. The molecule has 1 fully saturated rings. The Morgan fingerprint density at radius 3 is 1.40 bits per heavy atom. The molecule has 0 unspecified atom stereocenters. The average Bonchev–Trinajstić information content (AvgIpc) is 2.41. The van der Waals surface area contributed by atoms with Gasteiger partial charge in [0, 0.05) is 13.4 Å². The fourth-order valence-corrected chi connectivity index (χ4v) is 2.44. The molecule has 5 heteroatoms. The molecule has 0 radical (unpaired) electrons. The molecule has 2 nitrogen and oxygen atoms in total. The highest BCUT2D eigenvalue weighted by atomic mass is 79.9. The van der Waals surface area contributed by atoms with Crippen LogP contribution < -0.4 is 0 Å². The topological polar surface area (TPSA) is 29.5 Å². The number of rotatable bonds is 1. The Morgan fingerprint density at radius 2 is 1.10 bits per heavy atom. The van der Waals surface area contributed by atoms with E-state index < -0.39 is 5.60 Å². The minimum atomic E-state index is -0.735. The van der Waals surface area contributed by atoms with E-state index in [4.69, 9.17) is 4.74 Å². The van der Waals surface area contributed by atoms with E-state index in [-0.39, 0.29) is 0 Å². The van der Waals surface area contributed by atoms with Crippen LogP contribution in [-0.4, -0.2) is 18.3 Å². The molecule has 0 aromatic heterocycles. The summed E-state index contributed by atoms with van der Waals surface area (Å²) in [7, 11) is 0. The third-order valence-corrected chi connectivity index (χ3v) is 4.45. The molecule has 1 aliphatic rings. The van der Waals surface area contributed by atoms with Crippen molar-refractivity contribution in [3.8, 4) is 0 Å². The molecule has 1 aliphatic heterocycles. The van der Waals surface area contributed by atoms with Crippen molar-refractivity contribution >= 4 is 47.8 Å². The highest BCUT2D eigenvalue weighted by Gasteiger charge is 2.37. The van der Waals surface area contributed by atoms with Gasteiger partial charge >= 0.3 is 0 Å². The lowest BCUT2D eigenvalue weighted by atomic mass is 9.92. The lowest BCUT2D eigenvalue weighted by Crippen LogP contribution is -2.46. The number of hydrogen-bond donors (Lipinski definition) is 1. The smallest absolute Gasteiger partial charge is 0.136 e. The molecular weight excluding hydrogens is 452 g/mol. The molecule has 0 bridgehead atoms. The Hall–Kier alpha value is -0.200. The van der Waals surface area contributed by atoms with E-state index in [1.807, 2.05) is 48.5 Å². The second-order valence-electron chi connectivity index (χ2n) is 4.47. The lowest BCUT2D eigenvalue weighted by molar-refractivity contribution is -0.184. The summed E-state index contributed by atoms with van der Waals surface area (Å²) in [4.78, 5) is 0. The molecule has 0 saturated carbocycles. The number of hydrogen-bond acceptors (Lipinski definition) is 2. The first-order valence-electron chi connectivity index (χ1n) is 5.97. The minimum absolute atomic E-state index is 0.411. The standard InChI is InChI=1S/C9H9BrO2.C6H4Br2/c10-8-3-1-7(2-4-8)9(11)5-12-6-9;7-5-1-2-6(8)4-3-5/h1-4,11H,5-6H2;1-4H. The van der Waals surface area contributed by atoms with Gasteiger partial charge < -0.3 is 9.84 Å². The molecule has 106 valence electrons. The molecule has 2 aromatic carbocycles. The average molecular weight is 465 g/mol. The number of aliphatic hydroxyl groups is 1. The van der Waals surface area contributed by atoms with Crippen molar-refractivity contribution < 1.29 is 9.84 Å². The van der Waals surface area contributed by atoms with Crippen LogP contribution in [0.2, 0.25) is 0 Å². The molecule has 0 spiro atoms. The summed E-state index contributed by atoms with van der Waals surface area (Å²) in [5.74, 6) is 0. The second-order valence-corrected chi connectivity index (χ2v) is 7.21. The predicted octanol–water partition coefficient (Wildman–Crippen LogP) is 4.88. The highest BCUT2D eigenvalue weighted by Crippen LogP contribution is 2.29. The zero-order valence-corrected chi connectivity index (χ0v) is 15.3. The van der Waals surface area contributed by atoms with Crippen molar-refractivity contribution in [3.05, 3.63) is 67.5 Å². The molecular formula is C15H13Br3O2. The van der Waals surface area contributed by atoms with Crippen LogP contribution in [-0.2, 0) is 10.3 Å². The van der Waals surface area contributed by atoms with E-state index in [2.05, 4.69) is 47.8 Å². The molecule has 1 saturated heterocycles. The van der Waals surface area contributed by atoms with E-state index in [1.54, 1.807) is 0 Å². The van der Waals surface area contributed by atoms with E-state index in [0.717, 1.165) is 19.0 Å². The molecule has 0 amide bonds. The van der Waals surface area contributed by atoms with Gasteiger partial charge in [0.1, 0.15) is 5.60 Å². The van der Waals surface area contributed by atoms with Crippen molar-refractivity contribution in [2.75, 3.05) is 13.2 Å². The SMILES string of the molecule is Brc1ccc(Br)cc1.OC1(c2ccc(Br)cc2)COC1. The first kappa shape index (κ1) is 16.2. The zero-order valence-electron chi connectivity index (χ0n) is 10.5. The summed E-state index contributed by atoms with van der Waals surface area (Å²) in [6, 6.07) is 15.6. The van der Waals surface area contributed by atoms with Gasteiger partial charge in [0.2, 0.25) is 0 Å². The van der Waals surface area contributed by atoms with E-state index >= 15 is 0 Å². The molecule has 1 N–H and O–H groups in total. The lowest BCUT2D eigenvalue weighted by Gasteiger charge is -2.36. The Bertz CT molecular complexity index is 527. The summed E-state index contributed by atoms with van der Waals surface area (Å²) in [5, 5.41) is 9.83. The van der Waals surface area contributed by atoms with Gasteiger partial charge in [0.25, 0.3) is 0 Å². The third-order valence-electron chi connectivity index (χ3n) is 2.87. The summed E-state index contributed by atoms with van der Waals surface area (Å²) in [6.07, 6.45) is 0. The summed E-state index contributed by atoms with van der Waals surface area (Å²) in [6.45, 7) is 0.823. The van der Waals surface area contributed by atoms with Crippen LogP contribution >= 0.6 is 47.8 Å². The van der Waals surface area contributed by atoms with Gasteiger partial charge in [0.15, 0.2) is 0 Å². The van der Waals surface area contributed by atoms with Crippen molar-refractivity contribution in [2.24, 2.45) is 0 Å². The van der Waals surface area contributed by atoms with Crippen LogP contribution in [0.25, 0.3) is 0 Å². The van der Waals surface area contributed by atoms with E-state index in [0.29, 0.717) is 13.2 Å². The molecule has 3 rings (SSSR count). The fraction of sp³-hybridized carbons (Fsp3) is 0.200. The maximum absolute atomic E-state index is 9.83. The summed E-state index contributed by atoms with van der Waals surface area (Å²) >= 11 is 9.99. The van der Waals surface area contributed by atoms with Gasteiger partial charge in [-0.25, -0.2) is 0 Å². The number of ether oxygens (including phenoxy) is 1.